The minimum Gasteiger partial charge on any atom is -0.348 e. The van der Waals surface area contributed by atoms with Gasteiger partial charge in [-0.1, -0.05) is 30.3 Å². The van der Waals surface area contributed by atoms with Crippen molar-refractivity contribution in [2.45, 2.75) is 18.9 Å². The molecule has 1 unspecified atom stereocenters. The average Bonchev–Trinajstić information content (AvgIpc) is 3.43. The number of carbonyl (C=O) groups is 1. The van der Waals surface area contributed by atoms with Gasteiger partial charge in [-0.25, -0.2) is 0 Å². The Bertz CT molecular complexity index is 886. The second kappa shape index (κ2) is 5.63. The summed E-state index contributed by atoms with van der Waals surface area (Å²) in [7, 11) is 0. The maximum absolute atomic E-state index is 12.8. The van der Waals surface area contributed by atoms with E-state index in [9.17, 15) is 4.79 Å². The lowest BCUT2D eigenvalue weighted by molar-refractivity contribution is 0.0935. The molecular formula is C19H19N3O. The number of pyridine rings is 1. The molecule has 1 atom stereocenters. The summed E-state index contributed by atoms with van der Waals surface area (Å²) in [4.78, 5) is 17.3. The molecule has 0 aliphatic heterocycles. The van der Waals surface area contributed by atoms with E-state index in [1.165, 1.54) is 0 Å². The molecule has 1 aromatic heterocycles. The Labute approximate surface area is 134 Å². The Morgan fingerprint density at radius 2 is 2.00 bits per heavy atom. The first kappa shape index (κ1) is 14.2. The molecule has 1 saturated carbocycles. The molecule has 2 aromatic carbocycles. The fourth-order valence-corrected chi connectivity index (χ4v) is 3.22. The van der Waals surface area contributed by atoms with E-state index >= 15 is 0 Å². The predicted molar refractivity (Wildman–Crippen MR) is 92.3 cm³/mol. The molecule has 3 N–H and O–H groups in total. The van der Waals surface area contributed by atoms with E-state index in [4.69, 9.17) is 5.73 Å². The zero-order chi connectivity index (χ0) is 15.8. The number of nitrogens with two attached hydrogens (primary N) is 1. The molecule has 23 heavy (non-hydrogen) atoms. The van der Waals surface area contributed by atoms with Gasteiger partial charge in [0, 0.05) is 24.2 Å². The van der Waals surface area contributed by atoms with Crippen LogP contribution in [0.2, 0.25) is 0 Å². The Morgan fingerprint density at radius 3 is 2.78 bits per heavy atom. The van der Waals surface area contributed by atoms with Gasteiger partial charge in [0.2, 0.25) is 0 Å². The molecule has 1 amide bonds. The van der Waals surface area contributed by atoms with Crippen molar-refractivity contribution in [3.63, 3.8) is 0 Å². The molecule has 0 saturated heterocycles. The van der Waals surface area contributed by atoms with Gasteiger partial charge >= 0.3 is 0 Å². The minimum atomic E-state index is -0.0817. The van der Waals surface area contributed by atoms with Crippen LogP contribution in [0.3, 0.4) is 0 Å². The van der Waals surface area contributed by atoms with E-state index in [0.717, 1.165) is 34.5 Å². The number of nitrogens with one attached hydrogen (secondary N) is 1. The van der Waals surface area contributed by atoms with Gasteiger partial charge in [-0.05, 0) is 41.7 Å². The van der Waals surface area contributed by atoms with Crippen LogP contribution in [-0.4, -0.2) is 23.5 Å². The monoisotopic (exact) mass is 305 g/mol. The van der Waals surface area contributed by atoms with Gasteiger partial charge in [0.25, 0.3) is 5.91 Å². The van der Waals surface area contributed by atoms with Crippen molar-refractivity contribution < 1.29 is 4.79 Å². The highest BCUT2D eigenvalue weighted by Crippen LogP contribution is 2.33. The van der Waals surface area contributed by atoms with Crippen molar-refractivity contribution in [3.8, 4) is 0 Å². The number of carbonyl (C=O) groups excluding carboxylic acids is 1. The Hall–Kier alpha value is -2.46. The second-order valence-electron chi connectivity index (χ2n) is 6.20. The zero-order valence-corrected chi connectivity index (χ0v) is 12.8. The molecule has 0 spiro atoms. The summed E-state index contributed by atoms with van der Waals surface area (Å²) in [5, 5.41) is 6.27. The van der Waals surface area contributed by atoms with Gasteiger partial charge in [-0.2, -0.15) is 0 Å². The molecule has 1 fully saturated rings. The average molecular weight is 305 g/mol. The molecule has 0 radical (unpaired) electrons. The second-order valence-corrected chi connectivity index (χ2v) is 6.20. The lowest BCUT2D eigenvalue weighted by Gasteiger charge is -2.17. The number of fused-ring (bicyclic) bond motifs is 3. The number of nitrogens with zero attached hydrogens (tertiary/aromatic N) is 1. The SMILES string of the molecule is NCC(NC(=O)c1cc2ccccc2c2cccnc12)C1CC1. The van der Waals surface area contributed by atoms with E-state index in [1.807, 2.05) is 36.4 Å². The van der Waals surface area contributed by atoms with Crippen LogP contribution in [0.15, 0.2) is 48.7 Å². The molecule has 0 bridgehead atoms. The van der Waals surface area contributed by atoms with Gasteiger partial charge < -0.3 is 11.1 Å². The third kappa shape index (κ3) is 2.55. The standard InChI is InChI=1S/C19H19N3O/c20-11-17(12-7-8-12)22-19(23)16-10-13-4-1-2-5-14(13)15-6-3-9-21-18(15)16/h1-6,9-10,12,17H,7-8,11,20H2,(H,22,23). The Morgan fingerprint density at radius 1 is 1.22 bits per heavy atom. The first-order valence-corrected chi connectivity index (χ1v) is 8.05. The fraction of sp³-hybridized carbons (Fsp3) is 0.263. The van der Waals surface area contributed by atoms with E-state index < -0.39 is 0 Å². The first-order valence-electron chi connectivity index (χ1n) is 8.05. The van der Waals surface area contributed by atoms with Crippen LogP contribution in [0, 0.1) is 5.92 Å². The molecular weight excluding hydrogens is 286 g/mol. The lowest BCUT2D eigenvalue weighted by Crippen LogP contribution is -2.41. The van der Waals surface area contributed by atoms with E-state index in [0.29, 0.717) is 18.0 Å². The van der Waals surface area contributed by atoms with Gasteiger partial charge in [0.15, 0.2) is 0 Å². The van der Waals surface area contributed by atoms with E-state index in [2.05, 4.69) is 16.4 Å². The molecule has 4 nitrogen and oxygen atoms in total. The topological polar surface area (TPSA) is 68.0 Å². The highest BCUT2D eigenvalue weighted by atomic mass is 16.1. The highest BCUT2D eigenvalue weighted by Gasteiger charge is 2.31. The van der Waals surface area contributed by atoms with Crippen LogP contribution in [0.1, 0.15) is 23.2 Å². The normalized spacial score (nSPS) is 15.7. The van der Waals surface area contributed by atoms with Gasteiger partial charge in [-0.15, -0.1) is 0 Å². The van der Waals surface area contributed by atoms with E-state index in [-0.39, 0.29) is 11.9 Å². The summed E-state index contributed by atoms with van der Waals surface area (Å²) in [6.45, 7) is 0.481. The van der Waals surface area contributed by atoms with Crippen LogP contribution >= 0.6 is 0 Å². The van der Waals surface area contributed by atoms with Crippen molar-refractivity contribution in [2.24, 2.45) is 11.7 Å². The minimum absolute atomic E-state index is 0.0627. The molecule has 4 heteroatoms. The van der Waals surface area contributed by atoms with Crippen molar-refractivity contribution in [1.29, 1.82) is 0 Å². The maximum atomic E-state index is 12.8. The van der Waals surface area contributed by atoms with Crippen molar-refractivity contribution >= 4 is 27.6 Å². The molecule has 1 aliphatic carbocycles. The van der Waals surface area contributed by atoms with Crippen LogP contribution in [-0.2, 0) is 0 Å². The lowest BCUT2D eigenvalue weighted by atomic mass is 10.00. The molecule has 116 valence electrons. The number of benzene rings is 2. The summed E-state index contributed by atoms with van der Waals surface area (Å²) >= 11 is 0. The molecule has 4 rings (SSSR count). The van der Waals surface area contributed by atoms with Gasteiger partial charge in [0.1, 0.15) is 0 Å². The number of aromatic nitrogens is 1. The number of hydrogen-bond donors (Lipinski definition) is 2. The zero-order valence-electron chi connectivity index (χ0n) is 12.8. The first-order chi connectivity index (χ1) is 11.3. The highest BCUT2D eigenvalue weighted by molar-refractivity contribution is 6.15. The summed E-state index contributed by atoms with van der Waals surface area (Å²) in [6, 6.07) is 14.0. The van der Waals surface area contributed by atoms with Crippen molar-refractivity contribution in [1.82, 2.24) is 10.3 Å². The smallest absolute Gasteiger partial charge is 0.253 e. The maximum Gasteiger partial charge on any atom is 0.253 e. The number of amides is 1. The Balaban J connectivity index is 1.82. The number of rotatable bonds is 4. The summed E-state index contributed by atoms with van der Waals surface area (Å²) in [5.41, 5.74) is 7.18. The molecule has 3 aromatic rings. The predicted octanol–water partition coefficient (Wildman–Crippen LogP) is 2.86. The molecule has 1 heterocycles. The summed E-state index contributed by atoms with van der Waals surface area (Å²) < 4.78 is 0. The van der Waals surface area contributed by atoms with Crippen molar-refractivity contribution in [3.05, 3.63) is 54.2 Å². The van der Waals surface area contributed by atoms with Crippen molar-refractivity contribution in [2.75, 3.05) is 6.54 Å². The largest absolute Gasteiger partial charge is 0.348 e. The van der Waals surface area contributed by atoms with Gasteiger partial charge in [-0.3, -0.25) is 9.78 Å². The third-order valence-electron chi connectivity index (χ3n) is 4.62. The van der Waals surface area contributed by atoms with Gasteiger partial charge in [0.05, 0.1) is 11.1 Å². The van der Waals surface area contributed by atoms with Crippen LogP contribution < -0.4 is 11.1 Å². The quantitative estimate of drug-likeness (QED) is 0.728. The molecule has 1 aliphatic rings. The fourth-order valence-electron chi connectivity index (χ4n) is 3.22. The number of hydrogen-bond acceptors (Lipinski definition) is 3. The third-order valence-corrected chi connectivity index (χ3v) is 4.62. The van der Waals surface area contributed by atoms with Crippen LogP contribution in [0.25, 0.3) is 21.7 Å². The van der Waals surface area contributed by atoms with Crippen LogP contribution in [0.5, 0.6) is 0 Å². The van der Waals surface area contributed by atoms with E-state index in [1.54, 1.807) is 6.20 Å². The van der Waals surface area contributed by atoms with Crippen LogP contribution in [0.4, 0.5) is 0 Å². The summed E-state index contributed by atoms with van der Waals surface area (Å²) in [6.07, 6.45) is 4.03. The Kier molecular flexibility index (Phi) is 3.46. The summed E-state index contributed by atoms with van der Waals surface area (Å²) in [5.74, 6) is 0.449.